The Kier molecular flexibility index (Phi) is 4.06. The molecule has 2 N–H and O–H groups in total. The summed E-state index contributed by atoms with van der Waals surface area (Å²) in [6.45, 7) is 1.00. The molecule has 1 aliphatic rings. The fourth-order valence-electron chi connectivity index (χ4n) is 1.99. The zero-order chi connectivity index (χ0) is 14.8. The monoisotopic (exact) mass is 288 g/mol. The van der Waals surface area contributed by atoms with Gasteiger partial charge in [0.2, 0.25) is 0 Å². The van der Waals surface area contributed by atoms with Crippen LogP contribution >= 0.6 is 0 Å². The first-order valence-corrected chi connectivity index (χ1v) is 6.22. The van der Waals surface area contributed by atoms with Gasteiger partial charge in [0.1, 0.15) is 12.3 Å². The molecule has 4 nitrogen and oxygen atoms in total. The van der Waals surface area contributed by atoms with Crippen LogP contribution in [0.5, 0.6) is 5.75 Å². The Morgan fingerprint density at radius 1 is 1.45 bits per heavy atom. The Morgan fingerprint density at radius 2 is 2.20 bits per heavy atom. The molecular weight excluding hydrogens is 273 g/mol. The SMILES string of the molecule is C[C@H](NC(=O)NCC(F)(F)F)c1ccc2c(c1)CCO2. The highest BCUT2D eigenvalue weighted by molar-refractivity contribution is 5.74. The summed E-state index contributed by atoms with van der Waals surface area (Å²) < 4.78 is 41.3. The Hall–Kier alpha value is -1.92. The van der Waals surface area contributed by atoms with Crippen LogP contribution in [0.15, 0.2) is 18.2 Å². The quantitative estimate of drug-likeness (QED) is 0.898. The van der Waals surface area contributed by atoms with Crippen LogP contribution in [0, 0.1) is 0 Å². The minimum absolute atomic E-state index is 0.380. The van der Waals surface area contributed by atoms with Gasteiger partial charge < -0.3 is 15.4 Å². The van der Waals surface area contributed by atoms with E-state index >= 15 is 0 Å². The van der Waals surface area contributed by atoms with Crippen molar-refractivity contribution in [3.8, 4) is 5.75 Å². The molecule has 20 heavy (non-hydrogen) atoms. The predicted molar refractivity (Wildman–Crippen MR) is 66.6 cm³/mol. The number of hydrogen-bond acceptors (Lipinski definition) is 2. The largest absolute Gasteiger partial charge is 0.493 e. The molecule has 2 amide bonds. The van der Waals surface area contributed by atoms with Crippen molar-refractivity contribution in [3.63, 3.8) is 0 Å². The number of halogens is 3. The lowest BCUT2D eigenvalue weighted by Crippen LogP contribution is -2.41. The third-order valence-electron chi connectivity index (χ3n) is 3.01. The molecule has 1 aromatic rings. The fourth-order valence-corrected chi connectivity index (χ4v) is 1.99. The van der Waals surface area contributed by atoms with Gasteiger partial charge in [-0.15, -0.1) is 0 Å². The van der Waals surface area contributed by atoms with Gasteiger partial charge in [0.05, 0.1) is 12.6 Å². The fraction of sp³-hybridized carbons (Fsp3) is 0.462. The van der Waals surface area contributed by atoms with Gasteiger partial charge in [-0.3, -0.25) is 0 Å². The van der Waals surface area contributed by atoms with Gasteiger partial charge in [-0.2, -0.15) is 13.2 Å². The lowest BCUT2D eigenvalue weighted by Gasteiger charge is -2.16. The van der Waals surface area contributed by atoms with E-state index in [1.165, 1.54) is 0 Å². The molecule has 0 saturated heterocycles. The molecule has 7 heteroatoms. The molecule has 0 bridgehead atoms. The Morgan fingerprint density at radius 3 is 2.90 bits per heavy atom. The molecule has 1 aromatic carbocycles. The first-order chi connectivity index (χ1) is 9.35. The van der Waals surface area contributed by atoms with Crippen LogP contribution in [-0.4, -0.2) is 25.4 Å². The molecular formula is C13H15F3N2O2. The highest BCUT2D eigenvalue weighted by Gasteiger charge is 2.28. The molecule has 1 aliphatic heterocycles. The highest BCUT2D eigenvalue weighted by atomic mass is 19.4. The summed E-state index contributed by atoms with van der Waals surface area (Å²) >= 11 is 0. The van der Waals surface area contributed by atoms with Crippen molar-refractivity contribution in [2.75, 3.05) is 13.2 Å². The maximum atomic E-state index is 12.0. The molecule has 0 aromatic heterocycles. The van der Waals surface area contributed by atoms with E-state index in [0.717, 1.165) is 23.3 Å². The van der Waals surface area contributed by atoms with E-state index in [9.17, 15) is 18.0 Å². The number of carbonyl (C=O) groups excluding carboxylic acids is 1. The van der Waals surface area contributed by atoms with Crippen molar-refractivity contribution in [1.29, 1.82) is 0 Å². The smallest absolute Gasteiger partial charge is 0.405 e. The summed E-state index contributed by atoms with van der Waals surface area (Å²) in [6, 6.07) is 4.28. The maximum absolute atomic E-state index is 12.0. The van der Waals surface area contributed by atoms with Crippen LogP contribution < -0.4 is 15.4 Å². The van der Waals surface area contributed by atoms with Gasteiger partial charge in [-0.05, 0) is 30.2 Å². The third-order valence-corrected chi connectivity index (χ3v) is 3.01. The molecule has 1 heterocycles. The van der Waals surface area contributed by atoms with Gasteiger partial charge in [0.25, 0.3) is 0 Å². The maximum Gasteiger partial charge on any atom is 0.405 e. The summed E-state index contributed by atoms with van der Waals surface area (Å²) in [5.74, 6) is 0.822. The number of ether oxygens (including phenoxy) is 1. The Bertz CT molecular complexity index is 503. The third kappa shape index (κ3) is 3.79. The van der Waals surface area contributed by atoms with Gasteiger partial charge >= 0.3 is 12.2 Å². The van der Waals surface area contributed by atoms with Crippen LogP contribution in [0.2, 0.25) is 0 Å². The zero-order valence-corrected chi connectivity index (χ0v) is 10.9. The summed E-state index contributed by atoms with van der Waals surface area (Å²) in [4.78, 5) is 11.4. The minimum Gasteiger partial charge on any atom is -0.493 e. The molecule has 2 rings (SSSR count). The van der Waals surface area contributed by atoms with Crippen LogP contribution in [-0.2, 0) is 6.42 Å². The summed E-state index contributed by atoms with van der Waals surface area (Å²) in [5.41, 5.74) is 1.88. The minimum atomic E-state index is -4.41. The molecule has 0 saturated carbocycles. The number of amides is 2. The number of alkyl halides is 3. The van der Waals surface area contributed by atoms with E-state index in [-0.39, 0.29) is 6.04 Å². The second kappa shape index (κ2) is 5.60. The standard InChI is InChI=1S/C13H15F3N2O2/c1-8(18-12(19)17-7-13(14,15)16)9-2-3-11-10(6-9)4-5-20-11/h2-3,6,8H,4-5,7H2,1H3,(H2,17,18,19)/t8-/m0/s1. The molecule has 1 atom stereocenters. The summed E-state index contributed by atoms with van der Waals surface area (Å²) in [7, 11) is 0. The van der Waals surface area contributed by atoms with Gasteiger partial charge in [-0.1, -0.05) is 6.07 Å². The summed E-state index contributed by atoms with van der Waals surface area (Å²) in [5, 5.41) is 4.24. The van der Waals surface area contributed by atoms with Crippen LogP contribution in [0.4, 0.5) is 18.0 Å². The van der Waals surface area contributed by atoms with E-state index in [1.54, 1.807) is 18.3 Å². The lowest BCUT2D eigenvalue weighted by molar-refractivity contribution is -0.122. The van der Waals surface area contributed by atoms with Crippen molar-refractivity contribution in [2.45, 2.75) is 25.6 Å². The molecule has 0 aliphatic carbocycles. The van der Waals surface area contributed by atoms with Crippen molar-refractivity contribution < 1.29 is 22.7 Å². The number of rotatable bonds is 3. The number of fused-ring (bicyclic) bond motifs is 1. The van der Waals surface area contributed by atoms with E-state index in [4.69, 9.17) is 4.74 Å². The van der Waals surface area contributed by atoms with E-state index in [1.807, 2.05) is 12.1 Å². The van der Waals surface area contributed by atoms with Crippen molar-refractivity contribution in [3.05, 3.63) is 29.3 Å². The second-order valence-electron chi connectivity index (χ2n) is 4.63. The predicted octanol–water partition coefficient (Wildman–Crippen LogP) is 2.54. The zero-order valence-electron chi connectivity index (χ0n) is 10.9. The molecule has 0 fully saturated rings. The normalized spacial score (nSPS) is 15.2. The van der Waals surface area contributed by atoms with Crippen molar-refractivity contribution in [1.82, 2.24) is 10.6 Å². The second-order valence-corrected chi connectivity index (χ2v) is 4.63. The van der Waals surface area contributed by atoms with Gasteiger partial charge in [-0.25, -0.2) is 4.79 Å². The van der Waals surface area contributed by atoms with Crippen LogP contribution in [0.3, 0.4) is 0 Å². The molecule has 0 unspecified atom stereocenters. The Balaban J connectivity index is 1.91. The lowest BCUT2D eigenvalue weighted by atomic mass is 10.0. The van der Waals surface area contributed by atoms with E-state index in [2.05, 4.69) is 5.32 Å². The first kappa shape index (κ1) is 14.5. The number of nitrogens with one attached hydrogen (secondary N) is 2. The number of benzene rings is 1. The Labute approximate surface area is 114 Å². The number of hydrogen-bond donors (Lipinski definition) is 2. The highest BCUT2D eigenvalue weighted by Crippen LogP contribution is 2.28. The first-order valence-electron chi connectivity index (χ1n) is 6.22. The van der Waals surface area contributed by atoms with Gasteiger partial charge in [0.15, 0.2) is 0 Å². The average molecular weight is 288 g/mol. The number of urea groups is 1. The molecule has 0 radical (unpaired) electrons. The van der Waals surface area contributed by atoms with Crippen molar-refractivity contribution >= 4 is 6.03 Å². The summed E-state index contributed by atoms with van der Waals surface area (Å²) in [6.07, 6.45) is -3.61. The topological polar surface area (TPSA) is 50.4 Å². The number of carbonyl (C=O) groups is 1. The average Bonchev–Trinajstić information content (AvgIpc) is 2.82. The molecule has 0 spiro atoms. The van der Waals surface area contributed by atoms with Crippen LogP contribution in [0.25, 0.3) is 0 Å². The van der Waals surface area contributed by atoms with E-state index in [0.29, 0.717) is 6.61 Å². The van der Waals surface area contributed by atoms with Crippen LogP contribution in [0.1, 0.15) is 24.1 Å². The van der Waals surface area contributed by atoms with E-state index < -0.39 is 18.8 Å². The van der Waals surface area contributed by atoms with Gasteiger partial charge in [0, 0.05) is 6.42 Å². The van der Waals surface area contributed by atoms with Crippen molar-refractivity contribution in [2.24, 2.45) is 0 Å². The molecule has 110 valence electrons.